The number of hydrogen-bond donors (Lipinski definition) is 1. The molecule has 2 aromatic carbocycles. The molecule has 0 bridgehead atoms. The van der Waals surface area contributed by atoms with E-state index in [4.69, 9.17) is 9.47 Å². The van der Waals surface area contributed by atoms with E-state index in [0.29, 0.717) is 28.9 Å². The van der Waals surface area contributed by atoms with E-state index in [1.807, 2.05) is 6.92 Å². The van der Waals surface area contributed by atoms with Gasteiger partial charge in [-0.05, 0) is 58.2 Å². The number of aromatic nitrogens is 1. The number of para-hydroxylation sites is 1. The molecule has 204 valence electrons. The van der Waals surface area contributed by atoms with Crippen molar-refractivity contribution >= 4 is 23.4 Å². The molecule has 10 heteroatoms. The van der Waals surface area contributed by atoms with Gasteiger partial charge in [0.15, 0.2) is 0 Å². The van der Waals surface area contributed by atoms with E-state index < -0.39 is 22.6 Å². The molecule has 0 saturated heterocycles. The number of hydrogen-bond acceptors (Lipinski definition) is 8. The number of nitro benzene ring substituents is 1. The van der Waals surface area contributed by atoms with Crippen LogP contribution in [0.15, 0.2) is 42.5 Å². The van der Waals surface area contributed by atoms with Crippen LogP contribution in [0.4, 0.5) is 16.2 Å². The third-order valence-electron chi connectivity index (χ3n) is 6.01. The second-order valence-corrected chi connectivity index (χ2v) is 9.80. The Hall–Kier alpha value is -4.65. The molecular formula is C29H32N4O6. The Bertz CT molecular complexity index is 1440. The molecular weight excluding hydrogens is 500 g/mol. The number of ether oxygens (including phenoxy) is 2. The highest BCUT2D eigenvalue weighted by atomic mass is 16.6. The second-order valence-electron chi connectivity index (χ2n) is 9.80. The van der Waals surface area contributed by atoms with E-state index in [0.717, 1.165) is 11.1 Å². The number of nitriles is 1. The first-order valence-corrected chi connectivity index (χ1v) is 12.6. The summed E-state index contributed by atoms with van der Waals surface area (Å²) in [5.41, 5.74) is 2.84. The van der Waals surface area contributed by atoms with Gasteiger partial charge < -0.3 is 14.8 Å². The molecule has 39 heavy (non-hydrogen) atoms. The number of nitro groups is 1. The summed E-state index contributed by atoms with van der Waals surface area (Å²) in [6, 6.07) is 13.6. The summed E-state index contributed by atoms with van der Waals surface area (Å²) < 4.78 is 12.1. The smallest absolute Gasteiger partial charge is 0.419 e. The van der Waals surface area contributed by atoms with Gasteiger partial charge in [-0.15, -0.1) is 0 Å². The Morgan fingerprint density at radius 3 is 2.33 bits per heavy atom. The molecule has 0 aliphatic rings. The van der Waals surface area contributed by atoms with Crippen LogP contribution in [0, 0.1) is 28.4 Å². The molecule has 1 N–H and O–H groups in total. The molecule has 0 radical (unpaired) electrons. The third-order valence-corrected chi connectivity index (χ3v) is 6.01. The number of nitrogens with one attached hydrogen (secondary N) is 1. The first kappa shape index (κ1) is 28.9. The molecule has 1 aromatic heterocycles. The van der Waals surface area contributed by atoms with Crippen molar-refractivity contribution in [1.29, 1.82) is 5.26 Å². The van der Waals surface area contributed by atoms with Crippen LogP contribution in [0.5, 0.6) is 0 Å². The lowest BCUT2D eigenvalue weighted by atomic mass is 10.0. The van der Waals surface area contributed by atoms with Crippen LogP contribution < -0.4 is 5.32 Å². The van der Waals surface area contributed by atoms with Gasteiger partial charge in [-0.25, -0.2) is 14.2 Å². The lowest BCUT2D eigenvalue weighted by Crippen LogP contribution is -2.28. The molecule has 0 saturated carbocycles. The van der Waals surface area contributed by atoms with Gasteiger partial charge >= 0.3 is 12.1 Å². The fourth-order valence-electron chi connectivity index (χ4n) is 4.33. The Labute approximate surface area is 227 Å². The zero-order valence-electron chi connectivity index (χ0n) is 23.0. The zero-order valence-corrected chi connectivity index (χ0v) is 23.0. The summed E-state index contributed by atoms with van der Waals surface area (Å²) in [5, 5.41) is 24.6. The maximum atomic E-state index is 13.1. The maximum Gasteiger partial charge on any atom is 0.419 e. The Balaban J connectivity index is 1.98. The van der Waals surface area contributed by atoms with Gasteiger partial charge in [0.2, 0.25) is 0 Å². The van der Waals surface area contributed by atoms with E-state index in [1.165, 1.54) is 22.8 Å². The fourth-order valence-corrected chi connectivity index (χ4v) is 4.33. The van der Waals surface area contributed by atoms with Gasteiger partial charge in [0, 0.05) is 23.9 Å². The van der Waals surface area contributed by atoms with Crippen LogP contribution in [-0.4, -0.2) is 33.8 Å². The Morgan fingerprint density at radius 1 is 1.13 bits per heavy atom. The van der Waals surface area contributed by atoms with Gasteiger partial charge in [0.25, 0.3) is 5.69 Å². The molecule has 0 amide bonds. The minimum Gasteiger partial charge on any atom is -0.462 e. The summed E-state index contributed by atoms with van der Waals surface area (Å²) in [7, 11) is 0. The molecule has 0 fully saturated rings. The number of nitrogens with zero attached hydrogens (tertiary/aromatic N) is 3. The van der Waals surface area contributed by atoms with Crippen molar-refractivity contribution in [3.8, 4) is 17.3 Å². The fraction of sp³-hybridized carbons (Fsp3) is 0.345. The highest BCUT2D eigenvalue weighted by Gasteiger charge is 2.28. The van der Waals surface area contributed by atoms with Crippen LogP contribution in [-0.2, 0) is 22.4 Å². The van der Waals surface area contributed by atoms with Crippen molar-refractivity contribution in [2.45, 2.75) is 60.1 Å². The lowest BCUT2D eigenvalue weighted by Gasteiger charge is -2.21. The van der Waals surface area contributed by atoms with Crippen molar-refractivity contribution in [2.24, 2.45) is 0 Å². The average molecular weight is 533 g/mol. The SMILES string of the molecule is CCOC(=O)c1cccc([N+](=O)[O-])c1NCc1ccc(-c2c(C#N)c(CC)c(C)n2C(=O)OC(C)(C)C)cc1. The number of esters is 1. The largest absolute Gasteiger partial charge is 0.462 e. The zero-order chi connectivity index (χ0) is 28.9. The first-order valence-electron chi connectivity index (χ1n) is 12.6. The number of benzene rings is 2. The molecule has 0 spiro atoms. The minimum absolute atomic E-state index is 0.0683. The quantitative estimate of drug-likeness (QED) is 0.200. The van der Waals surface area contributed by atoms with E-state index >= 15 is 0 Å². The predicted molar refractivity (Wildman–Crippen MR) is 147 cm³/mol. The van der Waals surface area contributed by atoms with Crippen molar-refractivity contribution in [1.82, 2.24) is 4.57 Å². The summed E-state index contributed by atoms with van der Waals surface area (Å²) in [6.07, 6.45) is -0.00197. The number of carbonyl (C=O) groups is 2. The van der Waals surface area contributed by atoms with Crippen LogP contribution >= 0.6 is 0 Å². The average Bonchev–Trinajstić information content (AvgIpc) is 3.17. The van der Waals surface area contributed by atoms with Crippen LogP contribution in [0.25, 0.3) is 11.3 Å². The Kier molecular flexibility index (Phi) is 8.76. The van der Waals surface area contributed by atoms with Crippen LogP contribution in [0.3, 0.4) is 0 Å². The normalized spacial score (nSPS) is 11.0. The highest BCUT2D eigenvalue weighted by molar-refractivity contribution is 5.98. The molecule has 10 nitrogen and oxygen atoms in total. The van der Waals surface area contributed by atoms with Gasteiger partial charge in [0.05, 0.1) is 28.4 Å². The topological polar surface area (TPSA) is 136 Å². The van der Waals surface area contributed by atoms with Crippen molar-refractivity contribution in [3.63, 3.8) is 0 Å². The van der Waals surface area contributed by atoms with E-state index in [2.05, 4.69) is 11.4 Å². The molecule has 0 unspecified atom stereocenters. The van der Waals surface area contributed by atoms with E-state index in [1.54, 1.807) is 58.9 Å². The highest BCUT2D eigenvalue weighted by Crippen LogP contribution is 2.33. The Morgan fingerprint density at radius 2 is 1.79 bits per heavy atom. The van der Waals surface area contributed by atoms with Crippen LogP contribution in [0.1, 0.15) is 67.4 Å². The first-order chi connectivity index (χ1) is 18.4. The molecule has 0 atom stereocenters. The molecule has 3 aromatic rings. The van der Waals surface area contributed by atoms with Crippen LogP contribution in [0.2, 0.25) is 0 Å². The van der Waals surface area contributed by atoms with Crippen molar-refractivity contribution in [2.75, 3.05) is 11.9 Å². The monoisotopic (exact) mass is 532 g/mol. The summed E-state index contributed by atoms with van der Waals surface area (Å²) >= 11 is 0. The van der Waals surface area contributed by atoms with Gasteiger partial charge in [-0.1, -0.05) is 37.3 Å². The number of anilines is 1. The lowest BCUT2D eigenvalue weighted by molar-refractivity contribution is -0.384. The summed E-state index contributed by atoms with van der Waals surface area (Å²) in [6.45, 7) is 11.0. The van der Waals surface area contributed by atoms with Gasteiger partial charge in [-0.3, -0.25) is 10.1 Å². The molecule has 1 heterocycles. The number of carbonyl (C=O) groups excluding carboxylic acids is 2. The van der Waals surface area contributed by atoms with Crippen molar-refractivity contribution in [3.05, 3.63) is 80.5 Å². The summed E-state index contributed by atoms with van der Waals surface area (Å²) in [4.78, 5) is 36.6. The van der Waals surface area contributed by atoms with E-state index in [9.17, 15) is 25.0 Å². The van der Waals surface area contributed by atoms with Gasteiger partial charge in [-0.2, -0.15) is 5.26 Å². The molecule has 3 rings (SSSR count). The summed E-state index contributed by atoms with van der Waals surface area (Å²) in [5.74, 6) is -0.659. The standard InChI is InChI=1S/C29H32N4O6/c1-7-21-18(3)32(28(35)39-29(4,5)6)26(23(21)16-30)20-14-12-19(13-15-20)17-31-25-22(27(34)38-8-2)10-9-11-24(25)33(36)37/h9-15,31H,7-8,17H2,1-6H3. The second kappa shape index (κ2) is 11.8. The van der Waals surface area contributed by atoms with Gasteiger partial charge in [0.1, 0.15) is 17.4 Å². The van der Waals surface area contributed by atoms with Crippen molar-refractivity contribution < 1.29 is 24.0 Å². The molecule has 0 aliphatic carbocycles. The molecule has 0 aliphatic heterocycles. The predicted octanol–water partition coefficient (Wildman–Crippen LogP) is 6.38. The maximum absolute atomic E-state index is 13.1. The van der Waals surface area contributed by atoms with E-state index in [-0.39, 0.29) is 30.1 Å². The number of rotatable bonds is 8. The third kappa shape index (κ3) is 6.26. The minimum atomic E-state index is -0.720.